The number of carbonyl (C=O) groups excluding carboxylic acids is 3. The molecule has 6 aromatic heterocycles. The second kappa shape index (κ2) is 35.6. The van der Waals surface area contributed by atoms with Gasteiger partial charge in [-0.2, -0.15) is 16.8 Å². The van der Waals surface area contributed by atoms with Crippen LogP contribution < -0.4 is 54.5 Å². The number of amides is 3. The Balaban J connectivity index is 0.000000169. The van der Waals surface area contributed by atoms with E-state index in [-0.39, 0.29) is 72.7 Å². The van der Waals surface area contributed by atoms with E-state index in [9.17, 15) is 48.4 Å². The van der Waals surface area contributed by atoms with Gasteiger partial charge in [0, 0.05) is 79.0 Å². The number of nitrogens with zero attached hydrogens (tertiary/aromatic N) is 9. The molecule has 0 aliphatic carbocycles. The molecule has 10 aromatic rings. The highest BCUT2D eigenvalue weighted by Crippen LogP contribution is 2.40. The molecule has 3 amide bonds. The van der Waals surface area contributed by atoms with E-state index in [1.54, 1.807) is 72.9 Å². The van der Waals surface area contributed by atoms with E-state index in [1.807, 2.05) is 93.5 Å². The van der Waals surface area contributed by atoms with Gasteiger partial charge in [-0.15, -0.1) is 0 Å². The Labute approximate surface area is 663 Å². The molecule has 114 heavy (non-hydrogen) atoms. The molecular formula is C83H92F2N14O12S3. The number of fused-ring (bicyclic) bond motifs is 1. The second-order valence-corrected chi connectivity index (χ2v) is 34.9. The number of rotatable bonds is 23. The Bertz CT molecular complexity index is 5530. The van der Waals surface area contributed by atoms with Crippen molar-refractivity contribution in [2.75, 3.05) is 65.6 Å². The van der Waals surface area contributed by atoms with Crippen LogP contribution in [-0.4, -0.2) is 124 Å². The van der Waals surface area contributed by atoms with E-state index in [4.69, 9.17) is 40.6 Å². The first kappa shape index (κ1) is 83.2. The quantitative estimate of drug-likeness (QED) is 0.0397. The van der Waals surface area contributed by atoms with Crippen LogP contribution in [0.5, 0.6) is 17.4 Å². The number of nitrogen functional groups attached to an aromatic ring is 2. The van der Waals surface area contributed by atoms with Crippen LogP contribution in [0.3, 0.4) is 0 Å². The highest BCUT2D eigenvalue weighted by molar-refractivity contribution is 7.90. The molecule has 0 saturated carbocycles. The number of sulfonamides is 3. The molecule has 31 heteroatoms. The molecule has 3 aliphatic rings. The number of carbonyl (C=O) groups is 3. The maximum atomic E-state index is 14.5. The number of nitrogens with two attached hydrogens (primary N) is 2. The van der Waals surface area contributed by atoms with Crippen molar-refractivity contribution in [1.82, 2.24) is 44.1 Å². The largest absolute Gasteiger partial charge is 0.493 e. The molecule has 0 spiro atoms. The first-order valence-corrected chi connectivity index (χ1v) is 41.6. The second-order valence-electron chi connectivity index (χ2n) is 30.0. The predicted octanol–water partition coefficient (Wildman–Crippen LogP) is 13.6. The Hall–Kier alpha value is -11.7. The summed E-state index contributed by atoms with van der Waals surface area (Å²) in [5, 5.41) is -0.716. The van der Waals surface area contributed by atoms with Gasteiger partial charge in [0.15, 0.2) is 10.1 Å². The molecule has 2 saturated heterocycles. The first-order chi connectivity index (χ1) is 54.1. The van der Waals surface area contributed by atoms with E-state index < -0.39 is 59.4 Å². The lowest BCUT2D eigenvalue weighted by Crippen LogP contribution is -2.39. The molecule has 0 radical (unpaired) electrons. The molecule has 0 bridgehead atoms. The number of halogens is 2. The Morgan fingerprint density at radius 3 is 1.51 bits per heavy atom. The molecular weight excluding hydrogens is 1520 g/mol. The summed E-state index contributed by atoms with van der Waals surface area (Å²) in [6, 6.07) is 45.8. The van der Waals surface area contributed by atoms with Gasteiger partial charge in [0.05, 0.1) is 58.0 Å². The predicted molar refractivity (Wildman–Crippen MR) is 434 cm³/mol. The highest BCUT2D eigenvalue weighted by Gasteiger charge is 2.35. The Morgan fingerprint density at radius 2 is 1.02 bits per heavy atom. The summed E-state index contributed by atoms with van der Waals surface area (Å²) in [5.41, 5.74) is 16.9. The molecule has 2 fully saturated rings. The minimum Gasteiger partial charge on any atom is -0.493 e. The van der Waals surface area contributed by atoms with Crippen LogP contribution >= 0.6 is 0 Å². The zero-order chi connectivity index (χ0) is 82.0. The summed E-state index contributed by atoms with van der Waals surface area (Å²) in [7, 11) is -12.6. The van der Waals surface area contributed by atoms with Gasteiger partial charge in [-0.1, -0.05) is 97.0 Å². The lowest BCUT2D eigenvalue weighted by Gasteiger charge is -2.38. The summed E-state index contributed by atoms with van der Waals surface area (Å²) in [6.45, 7) is 23.8. The van der Waals surface area contributed by atoms with Gasteiger partial charge in [-0.25, -0.2) is 61.3 Å². The molecule has 2 atom stereocenters. The van der Waals surface area contributed by atoms with Crippen molar-refractivity contribution in [3.8, 4) is 51.2 Å². The third kappa shape index (κ3) is 21.1. The minimum atomic E-state index is -4.28. The van der Waals surface area contributed by atoms with Crippen molar-refractivity contribution < 1.29 is 62.6 Å². The summed E-state index contributed by atoms with van der Waals surface area (Å²) < 4.78 is 130. The number of pyridine rings is 6. The number of hydrogen-bond donors (Lipinski definition) is 5. The molecule has 7 N–H and O–H groups in total. The fraction of sp³-hybridized carbons (Fsp3) is 0.313. The minimum absolute atomic E-state index is 0.00658. The topological polar surface area (TPSA) is 357 Å². The fourth-order valence-corrected chi connectivity index (χ4v) is 15.8. The maximum Gasteiger partial charge on any atom is 0.281 e. The maximum absolute atomic E-state index is 14.5. The van der Waals surface area contributed by atoms with Crippen LogP contribution in [0, 0.1) is 34.8 Å². The van der Waals surface area contributed by atoms with Crippen molar-refractivity contribution in [2.45, 2.75) is 122 Å². The number of aromatic nitrogens is 6. The summed E-state index contributed by atoms with van der Waals surface area (Å²) >= 11 is 0. The van der Waals surface area contributed by atoms with Gasteiger partial charge in [0.25, 0.3) is 47.8 Å². The van der Waals surface area contributed by atoms with E-state index in [2.05, 4.69) is 49.9 Å². The van der Waals surface area contributed by atoms with Crippen LogP contribution in [0.4, 0.5) is 43.6 Å². The average Bonchev–Trinajstić information content (AvgIpc) is 1.54. The van der Waals surface area contributed by atoms with E-state index >= 15 is 0 Å². The molecule has 4 aromatic carbocycles. The SMILES string of the molecule is CC(C)COc1cc(F)cc(-c2ccc(C(=O)NS(=O)(=O)c3cccc(N)n3)c(N3CC(C)CC3C)n2)c1.CC(C)COc1cc(F)cc(-c2ccc(C(=O)NS(=O)(=O)c3ccccc3)c(N3CCC(C)(C)CC3)n2)c1.CC(C)Oc1ccc(-c2ccc(C(=O)NS(=O)(=O)c3cccc(N)n3)c(N3CCc4ccccc43)n2)cn1. The van der Waals surface area contributed by atoms with Crippen molar-refractivity contribution in [3.63, 3.8) is 0 Å². The van der Waals surface area contributed by atoms with Gasteiger partial charge < -0.3 is 40.4 Å². The summed E-state index contributed by atoms with van der Waals surface area (Å²) in [4.78, 5) is 72.1. The summed E-state index contributed by atoms with van der Waals surface area (Å²) in [6.07, 6.45) is 5.05. The zero-order valence-corrected chi connectivity index (χ0v) is 67.3. The third-order valence-corrected chi connectivity index (χ3v) is 22.5. The van der Waals surface area contributed by atoms with Crippen molar-refractivity contribution in [1.29, 1.82) is 0 Å². The van der Waals surface area contributed by atoms with Crippen LogP contribution in [0.15, 0.2) is 197 Å². The highest BCUT2D eigenvalue weighted by atomic mass is 32.2. The van der Waals surface area contributed by atoms with Crippen molar-refractivity contribution in [2.24, 2.45) is 23.2 Å². The summed E-state index contributed by atoms with van der Waals surface area (Å²) in [5.74, 6) is -0.164. The molecule has 26 nitrogen and oxygen atoms in total. The van der Waals surface area contributed by atoms with Crippen molar-refractivity contribution >= 4 is 82.6 Å². The number of nitrogens with one attached hydrogen (secondary N) is 3. The van der Waals surface area contributed by atoms with Gasteiger partial charge >= 0.3 is 0 Å². The number of benzene rings is 4. The van der Waals surface area contributed by atoms with E-state index in [0.717, 1.165) is 42.5 Å². The standard InChI is InChI=1S/C29H34FN3O4S.C27H32FN5O4S.C27H26N6O4S/c1-20(2)19-37-23-17-21(16-22(30)18-23)26-11-10-25(27(31-26)33-14-12-29(3,4)13-15-33)28(34)32-38(35,36)24-8-6-5-7-9-24;1-16(2)15-37-21-12-19(11-20(28)13-21)23-9-8-22(26(30-23)33-14-17(3)10-18(33)4)27(34)32-38(35,36)25-7-5-6-24(29)31-25;1-17(2)37-24-13-10-19(16-29-24)21-12-11-20(26(30-21)33-15-14-18-6-3-4-7-22(18)33)27(34)32-38(35,36)25-9-5-8-23(28)31-25/h5-11,16-18,20H,12-15,19H2,1-4H3,(H,32,34);5-9,11-13,16-18H,10,14-15H2,1-4H3,(H2,29,31)(H,32,34);3-13,16-17H,14-15H2,1-2H3,(H2,28,31)(H,32,34). The monoisotopic (exact) mass is 1610 g/mol. The van der Waals surface area contributed by atoms with Crippen LogP contribution in [0.2, 0.25) is 0 Å². The number of piperidine rings is 1. The molecule has 13 rings (SSSR count). The lowest BCUT2D eigenvalue weighted by molar-refractivity contribution is 0.0972. The van der Waals surface area contributed by atoms with Gasteiger partial charge in [-0.3, -0.25) is 14.4 Å². The number of ether oxygens (including phenoxy) is 3. The van der Waals surface area contributed by atoms with Crippen molar-refractivity contribution in [3.05, 3.63) is 216 Å². The smallest absolute Gasteiger partial charge is 0.281 e. The molecule has 598 valence electrons. The van der Waals surface area contributed by atoms with E-state index in [1.165, 1.54) is 78.9 Å². The molecule has 3 aliphatic heterocycles. The number of hydrogen-bond acceptors (Lipinski definition) is 23. The van der Waals surface area contributed by atoms with Gasteiger partial charge in [0.1, 0.15) is 52.2 Å². The van der Waals surface area contributed by atoms with E-state index in [0.29, 0.717) is 108 Å². The molecule has 9 heterocycles. The Kier molecular flexibility index (Phi) is 26.0. The third-order valence-electron chi connectivity index (χ3n) is 18.6. The van der Waals surface area contributed by atoms with Crippen LogP contribution in [0.25, 0.3) is 33.8 Å². The number of anilines is 6. The normalized spacial score (nSPS) is 15.3. The van der Waals surface area contributed by atoms with Crippen LogP contribution in [-0.2, 0) is 36.5 Å². The number of para-hydroxylation sites is 1. The lowest BCUT2D eigenvalue weighted by atomic mass is 9.82. The molecule has 2 unspecified atom stereocenters. The first-order valence-electron chi connectivity index (χ1n) is 37.2. The fourth-order valence-electron chi connectivity index (χ4n) is 12.9. The van der Waals surface area contributed by atoms with Gasteiger partial charge in [0.2, 0.25) is 5.88 Å². The zero-order valence-electron chi connectivity index (χ0n) is 64.8. The van der Waals surface area contributed by atoms with Crippen LogP contribution in [0.1, 0.15) is 125 Å². The van der Waals surface area contributed by atoms with Gasteiger partial charge in [-0.05, 0) is 184 Å². The Morgan fingerprint density at radius 1 is 0.535 bits per heavy atom. The average molecular weight is 1610 g/mol.